The third-order valence-electron chi connectivity index (χ3n) is 3.49. The Labute approximate surface area is 121 Å². The van der Waals surface area contributed by atoms with E-state index in [1.54, 1.807) is 0 Å². The molecule has 0 unspecified atom stereocenters. The number of piperidine rings is 1. The highest BCUT2D eigenvalue weighted by Crippen LogP contribution is 2.15. The molecule has 1 heterocycles. The number of urea groups is 1. The maximum Gasteiger partial charge on any atom is 0.317 e. The average Bonchev–Trinajstić information content (AvgIpc) is 2.43. The smallest absolute Gasteiger partial charge is 0.317 e. The maximum absolute atomic E-state index is 11.9. The van der Waals surface area contributed by atoms with Gasteiger partial charge in [-0.2, -0.15) is 0 Å². The number of hydrogen-bond donors (Lipinski definition) is 1. The number of carbonyl (C=O) groups is 1. The fourth-order valence-corrected chi connectivity index (χ4v) is 2.55. The van der Waals surface area contributed by atoms with Crippen LogP contribution in [0.2, 0.25) is 0 Å². The second-order valence-electron chi connectivity index (χ2n) is 5.45. The van der Waals surface area contributed by atoms with Crippen LogP contribution >= 0.6 is 0 Å². The Morgan fingerprint density at radius 1 is 1.15 bits per heavy atom. The molecular formula is C16H24N2O2. The van der Waals surface area contributed by atoms with E-state index in [0.717, 1.165) is 31.7 Å². The summed E-state index contributed by atoms with van der Waals surface area (Å²) < 4.78 is 5.67. The van der Waals surface area contributed by atoms with Crippen LogP contribution in [-0.2, 0) is 0 Å². The number of hydrogen-bond acceptors (Lipinski definition) is 2. The van der Waals surface area contributed by atoms with Crippen LogP contribution in [0.15, 0.2) is 18.2 Å². The number of benzene rings is 1. The summed E-state index contributed by atoms with van der Waals surface area (Å²) in [5, 5.41) is 2.91. The molecule has 0 bridgehead atoms. The SMILES string of the molecule is Cc1cc(C)cc(OCCNC(=O)N2CCCCC2)c1. The highest BCUT2D eigenvalue weighted by atomic mass is 16.5. The van der Waals surface area contributed by atoms with Crippen LogP contribution in [-0.4, -0.2) is 37.2 Å². The lowest BCUT2D eigenvalue weighted by Crippen LogP contribution is -2.43. The third kappa shape index (κ3) is 4.44. The van der Waals surface area contributed by atoms with Crippen LogP contribution in [0, 0.1) is 13.8 Å². The molecule has 110 valence electrons. The predicted molar refractivity (Wildman–Crippen MR) is 80.2 cm³/mol. The monoisotopic (exact) mass is 276 g/mol. The predicted octanol–water partition coefficient (Wildman–Crippen LogP) is 2.88. The van der Waals surface area contributed by atoms with Crippen molar-refractivity contribution >= 4 is 6.03 Å². The average molecular weight is 276 g/mol. The zero-order valence-corrected chi connectivity index (χ0v) is 12.4. The molecule has 0 aromatic heterocycles. The van der Waals surface area contributed by atoms with Gasteiger partial charge in [-0.1, -0.05) is 6.07 Å². The molecule has 1 aromatic carbocycles. The molecule has 1 fully saturated rings. The highest BCUT2D eigenvalue weighted by molar-refractivity contribution is 5.74. The summed E-state index contributed by atoms with van der Waals surface area (Å²) >= 11 is 0. The Bertz CT molecular complexity index is 434. The van der Waals surface area contributed by atoms with E-state index in [-0.39, 0.29) is 6.03 Å². The Morgan fingerprint density at radius 3 is 2.45 bits per heavy atom. The quantitative estimate of drug-likeness (QED) is 0.859. The molecular weight excluding hydrogens is 252 g/mol. The van der Waals surface area contributed by atoms with Crippen molar-refractivity contribution in [1.82, 2.24) is 10.2 Å². The van der Waals surface area contributed by atoms with E-state index in [1.165, 1.54) is 17.5 Å². The lowest BCUT2D eigenvalue weighted by Gasteiger charge is -2.26. The van der Waals surface area contributed by atoms with Crippen LogP contribution in [0.3, 0.4) is 0 Å². The number of amides is 2. The van der Waals surface area contributed by atoms with E-state index in [4.69, 9.17) is 4.74 Å². The van der Waals surface area contributed by atoms with Crippen LogP contribution in [0.25, 0.3) is 0 Å². The van der Waals surface area contributed by atoms with Gasteiger partial charge < -0.3 is 15.0 Å². The lowest BCUT2D eigenvalue weighted by atomic mass is 10.1. The first kappa shape index (κ1) is 14.7. The van der Waals surface area contributed by atoms with E-state index in [0.29, 0.717) is 13.2 Å². The molecule has 1 aromatic rings. The number of rotatable bonds is 4. The first-order valence-electron chi connectivity index (χ1n) is 7.39. The topological polar surface area (TPSA) is 41.6 Å². The number of likely N-dealkylation sites (tertiary alicyclic amines) is 1. The summed E-state index contributed by atoms with van der Waals surface area (Å²) in [6.45, 7) is 6.91. The molecule has 1 saturated heterocycles. The normalized spacial score (nSPS) is 15.0. The van der Waals surface area contributed by atoms with Crippen molar-refractivity contribution in [3.63, 3.8) is 0 Å². The molecule has 4 nitrogen and oxygen atoms in total. The molecule has 1 aliphatic rings. The Hall–Kier alpha value is -1.71. The number of carbonyl (C=O) groups excluding carboxylic acids is 1. The molecule has 0 radical (unpaired) electrons. The Morgan fingerprint density at radius 2 is 1.80 bits per heavy atom. The minimum atomic E-state index is 0.0359. The van der Waals surface area contributed by atoms with Crippen molar-refractivity contribution in [2.45, 2.75) is 33.1 Å². The third-order valence-corrected chi connectivity index (χ3v) is 3.49. The zero-order chi connectivity index (χ0) is 14.4. The van der Waals surface area contributed by atoms with Crippen molar-refractivity contribution in [3.8, 4) is 5.75 Å². The van der Waals surface area contributed by atoms with E-state index < -0.39 is 0 Å². The molecule has 1 N–H and O–H groups in total. The second kappa shape index (κ2) is 7.17. The van der Waals surface area contributed by atoms with Crippen molar-refractivity contribution < 1.29 is 9.53 Å². The van der Waals surface area contributed by atoms with Gasteiger partial charge in [0.2, 0.25) is 0 Å². The first-order valence-corrected chi connectivity index (χ1v) is 7.39. The van der Waals surface area contributed by atoms with Crippen molar-refractivity contribution in [3.05, 3.63) is 29.3 Å². The van der Waals surface area contributed by atoms with Gasteiger partial charge in [-0.3, -0.25) is 0 Å². The van der Waals surface area contributed by atoms with Gasteiger partial charge in [-0.05, 0) is 56.4 Å². The number of nitrogens with zero attached hydrogens (tertiary/aromatic N) is 1. The minimum absolute atomic E-state index is 0.0359. The van der Waals surface area contributed by atoms with E-state index in [2.05, 4.69) is 25.2 Å². The fourth-order valence-electron chi connectivity index (χ4n) is 2.55. The van der Waals surface area contributed by atoms with Crippen LogP contribution in [0.1, 0.15) is 30.4 Å². The van der Waals surface area contributed by atoms with Gasteiger partial charge in [0.1, 0.15) is 12.4 Å². The standard InChI is InChI=1S/C16H24N2O2/c1-13-10-14(2)12-15(11-13)20-9-6-17-16(19)18-7-4-3-5-8-18/h10-12H,3-9H2,1-2H3,(H,17,19). The highest BCUT2D eigenvalue weighted by Gasteiger charge is 2.15. The Balaban J connectivity index is 1.69. The van der Waals surface area contributed by atoms with E-state index in [9.17, 15) is 4.79 Å². The van der Waals surface area contributed by atoms with Gasteiger partial charge in [0, 0.05) is 13.1 Å². The number of ether oxygens (including phenoxy) is 1. The van der Waals surface area contributed by atoms with Gasteiger partial charge in [0.25, 0.3) is 0 Å². The maximum atomic E-state index is 11.9. The van der Waals surface area contributed by atoms with Crippen molar-refractivity contribution in [1.29, 1.82) is 0 Å². The first-order chi connectivity index (χ1) is 9.65. The van der Waals surface area contributed by atoms with Gasteiger partial charge in [0.05, 0.1) is 6.54 Å². The van der Waals surface area contributed by atoms with Gasteiger partial charge >= 0.3 is 6.03 Å². The van der Waals surface area contributed by atoms with E-state index in [1.807, 2.05) is 17.0 Å². The summed E-state index contributed by atoms with van der Waals surface area (Å²) in [6, 6.07) is 6.18. The largest absolute Gasteiger partial charge is 0.492 e. The molecule has 0 aliphatic carbocycles. The minimum Gasteiger partial charge on any atom is -0.492 e. The van der Waals surface area contributed by atoms with Gasteiger partial charge in [-0.15, -0.1) is 0 Å². The van der Waals surface area contributed by atoms with Crippen LogP contribution < -0.4 is 10.1 Å². The molecule has 1 aliphatic heterocycles. The number of nitrogens with one attached hydrogen (secondary N) is 1. The molecule has 0 atom stereocenters. The van der Waals surface area contributed by atoms with Crippen LogP contribution in [0.5, 0.6) is 5.75 Å². The van der Waals surface area contributed by atoms with Crippen molar-refractivity contribution in [2.75, 3.05) is 26.2 Å². The fraction of sp³-hybridized carbons (Fsp3) is 0.562. The molecule has 0 spiro atoms. The summed E-state index contributed by atoms with van der Waals surface area (Å²) in [7, 11) is 0. The van der Waals surface area contributed by atoms with Crippen LogP contribution in [0.4, 0.5) is 4.79 Å². The Kier molecular flexibility index (Phi) is 5.27. The molecule has 0 saturated carbocycles. The molecule has 2 amide bonds. The summed E-state index contributed by atoms with van der Waals surface area (Å²) in [5.41, 5.74) is 2.38. The lowest BCUT2D eigenvalue weighted by molar-refractivity contribution is 0.184. The summed E-state index contributed by atoms with van der Waals surface area (Å²) in [6.07, 6.45) is 3.47. The molecule has 4 heteroatoms. The second-order valence-corrected chi connectivity index (χ2v) is 5.45. The zero-order valence-electron chi connectivity index (χ0n) is 12.4. The number of aryl methyl sites for hydroxylation is 2. The molecule has 2 rings (SSSR count). The van der Waals surface area contributed by atoms with Gasteiger partial charge in [0.15, 0.2) is 0 Å². The van der Waals surface area contributed by atoms with Gasteiger partial charge in [-0.25, -0.2) is 4.79 Å². The van der Waals surface area contributed by atoms with E-state index >= 15 is 0 Å². The summed E-state index contributed by atoms with van der Waals surface area (Å²) in [5.74, 6) is 0.870. The van der Waals surface area contributed by atoms with Crippen molar-refractivity contribution in [2.24, 2.45) is 0 Å². The molecule has 20 heavy (non-hydrogen) atoms. The summed E-state index contributed by atoms with van der Waals surface area (Å²) in [4.78, 5) is 13.8.